The van der Waals surface area contributed by atoms with Crippen LogP contribution in [0.4, 0.5) is 18.9 Å². The number of anilines is 1. The number of alkyl halides is 3. The number of aromatic nitrogens is 5. The second-order valence-corrected chi connectivity index (χ2v) is 8.12. The third-order valence-corrected chi connectivity index (χ3v) is 5.60. The number of halogens is 3. The van der Waals surface area contributed by atoms with Gasteiger partial charge < -0.3 is 14.9 Å². The van der Waals surface area contributed by atoms with Crippen molar-refractivity contribution < 1.29 is 18.0 Å². The molecule has 5 aromatic rings. The minimum Gasteiger partial charge on any atom is -0.346 e. The summed E-state index contributed by atoms with van der Waals surface area (Å²) in [5, 5.41) is 6.53. The topological polar surface area (TPSA) is 97.6 Å². The van der Waals surface area contributed by atoms with Crippen molar-refractivity contribution in [1.82, 2.24) is 24.3 Å². The van der Waals surface area contributed by atoms with E-state index in [9.17, 15) is 22.8 Å². The van der Waals surface area contributed by atoms with Crippen molar-refractivity contribution in [3.63, 3.8) is 0 Å². The molecule has 4 aromatic heterocycles. The van der Waals surface area contributed by atoms with E-state index in [1.165, 1.54) is 18.3 Å². The van der Waals surface area contributed by atoms with Gasteiger partial charge in [-0.1, -0.05) is 30.3 Å². The molecule has 0 unspecified atom stereocenters. The molecule has 0 bridgehead atoms. The van der Waals surface area contributed by atoms with Gasteiger partial charge in [-0.3, -0.25) is 14.3 Å². The predicted molar refractivity (Wildman–Crippen MR) is 127 cm³/mol. The van der Waals surface area contributed by atoms with Crippen molar-refractivity contribution in [1.29, 1.82) is 0 Å². The number of amides is 1. The zero-order chi connectivity index (χ0) is 25.3. The number of rotatable bonds is 6. The zero-order valence-corrected chi connectivity index (χ0v) is 18.7. The molecule has 0 saturated heterocycles. The van der Waals surface area contributed by atoms with Gasteiger partial charge in [0.25, 0.3) is 11.5 Å². The summed E-state index contributed by atoms with van der Waals surface area (Å²) >= 11 is 0. The number of nitrogens with one attached hydrogen (secondary N) is 2. The summed E-state index contributed by atoms with van der Waals surface area (Å²) in [6.45, 7) is 0.432. The van der Waals surface area contributed by atoms with Crippen molar-refractivity contribution in [3.05, 3.63) is 112 Å². The summed E-state index contributed by atoms with van der Waals surface area (Å²) in [6, 6.07) is 15.1. The Morgan fingerprint density at radius 3 is 2.47 bits per heavy atom. The molecule has 182 valence electrons. The van der Waals surface area contributed by atoms with Crippen molar-refractivity contribution in [2.75, 3.05) is 5.32 Å². The fraction of sp³-hybridized carbons (Fsp3) is 0.120. The number of aromatic amines is 1. The van der Waals surface area contributed by atoms with Gasteiger partial charge in [0.2, 0.25) is 0 Å². The quantitative estimate of drug-likeness (QED) is 0.370. The van der Waals surface area contributed by atoms with E-state index in [-0.39, 0.29) is 17.7 Å². The first-order valence-electron chi connectivity index (χ1n) is 10.9. The van der Waals surface area contributed by atoms with Gasteiger partial charge in [0.15, 0.2) is 5.69 Å². The highest BCUT2D eigenvalue weighted by Crippen LogP contribution is 2.34. The largest absolute Gasteiger partial charge is 0.437 e. The summed E-state index contributed by atoms with van der Waals surface area (Å²) < 4.78 is 43.7. The molecule has 36 heavy (non-hydrogen) atoms. The maximum Gasteiger partial charge on any atom is 0.437 e. The molecule has 5 rings (SSSR count). The van der Waals surface area contributed by atoms with Gasteiger partial charge in [-0.2, -0.15) is 18.3 Å². The molecule has 2 N–H and O–H groups in total. The molecule has 0 aliphatic carbocycles. The van der Waals surface area contributed by atoms with Crippen LogP contribution in [0, 0.1) is 0 Å². The second-order valence-electron chi connectivity index (χ2n) is 8.12. The minimum absolute atomic E-state index is 0.0574. The Bertz CT molecular complexity index is 1600. The Kier molecular flexibility index (Phi) is 5.88. The van der Waals surface area contributed by atoms with Gasteiger partial charge in [0.05, 0.1) is 24.3 Å². The number of carbonyl (C=O) groups is 1. The van der Waals surface area contributed by atoms with E-state index in [1.54, 1.807) is 59.4 Å². The van der Waals surface area contributed by atoms with Gasteiger partial charge in [-0.15, -0.1) is 0 Å². The molecule has 0 fully saturated rings. The average molecular weight is 492 g/mol. The molecule has 4 heterocycles. The zero-order valence-electron chi connectivity index (χ0n) is 18.7. The normalized spacial score (nSPS) is 11.6. The molecule has 1 aromatic carbocycles. The Hall–Kier alpha value is -4.67. The molecule has 0 atom stereocenters. The lowest BCUT2D eigenvalue weighted by atomic mass is 10.1. The molecule has 0 saturated carbocycles. The second kappa shape index (κ2) is 9.17. The number of carbonyl (C=O) groups excluding carboxylic acids is 1. The van der Waals surface area contributed by atoms with Crippen LogP contribution in [0.2, 0.25) is 0 Å². The Labute approximate surface area is 202 Å². The third-order valence-electron chi connectivity index (χ3n) is 5.60. The van der Waals surface area contributed by atoms with Gasteiger partial charge in [-0.05, 0) is 29.3 Å². The van der Waals surface area contributed by atoms with E-state index in [1.807, 2.05) is 0 Å². The number of hydrogen-bond acceptors (Lipinski definition) is 4. The summed E-state index contributed by atoms with van der Waals surface area (Å²) in [4.78, 5) is 31.6. The number of nitrogens with zero attached hydrogens (tertiary/aromatic N) is 4. The Morgan fingerprint density at radius 2 is 1.75 bits per heavy atom. The third kappa shape index (κ3) is 4.76. The average Bonchev–Trinajstić information content (AvgIpc) is 3.48. The van der Waals surface area contributed by atoms with E-state index in [4.69, 9.17) is 0 Å². The van der Waals surface area contributed by atoms with Gasteiger partial charge >= 0.3 is 6.18 Å². The summed E-state index contributed by atoms with van der Waals surface area (Å²) in [7, 11) is 0. The van der Waals surface area contributed by atoms with Crippen LogP contribution in [-0.4, -0.2) is 30.2 Å². The van der Waals surface area contributed by atoms with Gasteiger partial charge in [0, 0.05) is 36.2 Å². The minimum atomic E-state index is -4.76. The van der Waals surface area contributed by atoms with E-state index in [0.29, 0.717) is 23.1 Å². The van der Waals surface area contributed by atoms with E-state index < -0.39 is 23.5 Å². The lowest BCUT2D eigenvalue weighted by Gasteiger charge is -2.08. The van der Waals surface area contributed by atoms with Gasteiger partial charge in [-0.25, -0.2) is 4.98 Å². The molecule has 8 nitrogen and oxygen atoms in total. The van der Waals surface area contributed by atoms with Crippen molar-refractivity contribution in [2.24, 2.45) is 0 Å². The summed E-state index contributed by atoms with van der Waals surface area (Å²) in [5.74, 6) is -0.701. The van der Waals surface area contributed by atoms with Crippen LogP contribution in [0.3, 0.4) is 0 Å². The van der Waals surface area contributed by atoms with Crippen LogP contribution in [0.15, 0.2) is 84.2 Å². The van der Waals surface area contributed by atoms with Crippen LogP contribution in [0.25, 0.3) is 11.0 Å². The predicted octanol–water partition coefficient (Wildman–Crippen LogP) is 4.29. The first kappa shape index (κ1) is 23.1. The van der Waals surface area contributed by atoms with Crippen LogP contribution >= 0.6 is 0 Å². The molecule has 11 heteroatoms. The van der Waals surface area contributed by atoms with Gasteiger partial charge in [0.1, 0.15) is 5.65 Å². The maximum absolute atomic E-state index is 13.7. The highest BCUT2D eigenvalue weighted by Gasteiger charge is 2.38. The highest BCUT2D eigenvalue weighted by molar-refractivity contribution is 6.12. The highest BCUT2D eigenvalue weighted by atomic mass is 19.4. The first-order chi connectivity index (χ1) is 17.3. The Morgan fingerprint density at radius 1 is 1.00 bits per heavy atom. The van der Waals surface area contributed by atoms with E-state index >= 15 is 0 Å². The lowest BCUT2D eigenvalue weighted by Crippen LogP contribution is -2.18. The molecule has 0 spiro atoms. The Balaban J connectivity index is 1.36. The number of hydrogen-bond donors (Lipinski definition) is 2. The molecule has 0 radical (unpaired) electrons. The van der Waals surface area contributed by atoms with Crippen LogP contribution < -0.4 is 10.9 Å². The van der Waals surface area contributed by atoms with E-state index in [0.717, 1.165) is 16.4 Å². The van der Waals surface area contributed by atoms with E-state index in [2.05, 4.69) is 20.4 Å². The first-order valence-corrected chi connectivity index (χ1v) is 10.9. The standard InChI is InChI=1S/C25H19F3N6O2/c26-25(27,28)22-20(31-24(36)19-9-11-30-23-18(19)8-10-29-23)15-34(32-22)14-17-6-4-16(5-7-17)13-33-12-2-1-3-21(33)35/h1-12,15H,13-14H2,(H,29,30)(H,31,36). The lowest BCUT2D eigenvalue weighted by molar-refractivity contribution is -0.140. The molecule has 1 amide bonds. The van der Waals surface area contributed by atoms with Crippen molar-refractivity contribution in [3.8, 4) is 0 Å². The van der Waals surface area contributed by atoms with Crippen LogP contribution in [-0.2, 0) is 19.3 Å². The molecule has 0 aliphatic rings. The maximum atomic E-state index is 13.7. The number of pyridine rings is 2. The fourth-order valence-corrected chi connectivity index (χ4v) is 3.88. The smallest absolute Gasteiger partial charge is 0.346 e. The number of benzene rings is 1. The molecular formula is C25H19F3N6O2. The summed E-state index contributed by atoms with van der Waals surface area (Å²) in [6.07, 6.45) is 1.08. The molecule has 0 aliphatic heterocycles. The fourth-order valence-electron chi connectivity index (χ4n) is 3.88. The number of H-pyrrole nitrogens is 1. The summed E-state index contributed by atoms with van der Waals surface area (Å²) in [5.41, 5.74) is 0.464. The van der Waals surface area contributed by atoms with Crippen molar-refractivity contribution in [2.45, 2.75) is 19.3 Å². The van der Waals surface area contributed by atoms with Crippen molar-refractivity contribution >= 4 is 22.6 Å². The van der Waals surface area contributed by atoms with Crippen LogP contribution in [0.5, 0.6) is 0 Å². The van der Waals surface area contributed by atoms with Crippen LogP contribution in [0.1, 0.15) is 27.2 Å². The monoisotopic (exact) mass is 492 g/mol. The number of fused-ring (bicyclic) bond motifs is 1. The SMILES string of the molecule is O=C(Nc1cn(Cc2ccc(Cn3ccccc3=O)cc2)nc1C(F)(F)F)c1ccnc2[nH]ccc12. The molecular weight excluding hydrogens is 473 g/mol.